The summed E-state index contributed by atoms with van der Waals surface area (Å²) in [6, 6.07) is 0. The molecule has 0 saturated heterocycles. The molecular weight excluding hydrogens is 102 g/mol. The second-order valence-electron chi connectivity index (χ2n) is 1.50. The molecule has 0 aromatic heterocycles. The molecule has 0 aromatic carbocycles. The Morgan fingerprint density at radius 1 is 1.75 bits per heavy atom. The number of hydrogen-bond donors (Lipinski definition) is 1. The molecular formula is C6H6NO. The van der Waals surface area contributed by atoms with Gasteiger partial charge in [-0.05, 0) is 12.2 Å². The van der Waals surface area contributed by atoms with Crippen LogP contribution in [0.3, 0.4) is 0 Å². The molecule has 1 rings (SSSR count). The highest BCUT2D eigenvalue weighted by atomic mass is 16.4. The SMILES string of the molecule is O/N=C1\C=CC=[C]C1. The largest absolute Gasteiger partial charge is 0.411 e. The summed E-state index contributed by atoms with van der Waals surface area (Å²) in [5.74, 6) is 0. The highest BCUT2D eigenvalue weighted by molar-refractivity contribution is 5.96. The molecule has 0 fully saturated rings. The van der Waals surface area contributed by atoms with Gasteiger partial charge in [0.15, 0.2) is 0 Å². The van der Waals surface area contributed by atoms with E-state index < -0.39 is 0 Å². The van der Waals surface area contributed by atoms with E-state index in [4.69, 9.17) is 5.21 Å². The van der Waals surface area contributed by atoms with Gasteiger partial charge in [-0.2, -0.15) is 0 Å². The van der Waals surface area contributed by atoms with Gasteiger partial charge in [-0.15, -0.1) is 0 Å². The second-order valence-corrected chi connectivity index (χ2v) is 1.50. The predicted molar refractivity (Wildman–Crippen MR) is 30.8 cm³/mol. The van der Waals surface area contributed by atoms with Crippen molar-refractivity contribution < 1.29 is 5.21 Å². The van der Waals surface area contributed by atoms with E-state index in [9.17, 15) is 0 Å². The Labute approximate surface area is 47.8 Å². The minimum Gasteiger partial charge on any atom is -0.411 e. The lowest BCUT2D eigenvalue weighted by Crippen LogP contribution is -1.93. The van der Waals surface area contributed by atoms with Crippen molar-refractivity contribution in [3.63, 3.8) is 0 Å². The Morgan fingerprint density at radius 2 is 2.62 bits per heavy atom. The summed E-state index contributed by atoms with van der Waals surface area (Å²) < 4.78 is 0. The molecule has 0 atom stereocenters. The van der Waals surface area contributed by atoms with Gasteiger partial charge in [0, 0.05) is 6.42 Å². The maximum Gasteiger partial charge on any atom is 0.0839 e. The van der Waals surface area contributed by atoms with E-state index in [2.05, 4.69) is 11.2 Å². The molecule has 41 valence electrons. The molecule has 0 spiro atoms. The van der Waals surface area contributed by atoms with Gasteiger partial charge < -0.3 is 5.21 Å². The number of allylic oxidation sites excluding steroid dienone is 4. The molecule has 0 unspecified atom stereocenters. The van der Waals surface area contributed by atoms with Gasteiger partial charge >= 0.3 is 0 Å². The van der Waals surface area contributed by atoms with E-state index >= 15 is 0 Å². The third-order valence-corrected chi connectivity index (χ3v) is 0.914. The molecule has 0 heterocycles. The lowest BCUT2D eigenvalue weighted by atomic mass is 10.2. The lowest BCUT2D eigenvalue weighted by Gasteiger charge is -1.93. The van der Waals surface area contributed by atoms with Crippen molar-refractivity contribution in [1.29, 1.82) is 0 Å². The molecule has 0 aromatic rings. The number of oxime groups is 1. The summed E-state index contributed by atoms with van der Waals surface area (Å²) in [7, 11) is 0. The fraction of sp³-hybridized carbons (Fsp3) is 0.167. The van der Waals surface area contributed by atoms with Crippen molar-refractivity contribution in [1.82, 2.24) is 0 Å². The summed E-state index contributed by atoms with van der Waals surface area (Å²) in [5.41, 5.74) is 0.660. The fourth-order valence-corrected chi connectivity index (χ4v) is 0.518. The predicted octanol–water partition coefficient (Wildman–Crippen LogP) is 1.14. The van der Waals surface area contributed by atoms with E-state index in [0.29, 0.717) is 12.1 Å². The molecule has 1 aliphatic carbocycles. The average molecular weight is 108 g/mol. The van der Waals surface area contributed by atoms with Gasteiger partial charge in [0.05, 0.1) is 5.71 Å². The van der Waals surface area contributed by atoms with Crippen LogP contribution < -0.4 is 0 Å². The number of rotatable bonds is 0. The second kappa shape index (κ2) is 2.31. The smallest absolute Gasteiger partial charge is 0.0839 e. The topological polar surface area (TPSA) is 32.6 Å². The third kappa shape index (κ3) is 0.964. The third-order valence-electron chi connectivity index (χ3n) is 0.914. The van der Waals surface area contributed by atoms with E-state index in [1.165, 1.54) is 0 Å². The number of hydrogen-bond acceptors (Lipinski definition) is 2. The van der Waals surface area contributed by atoms with Crippen LogP contribution in [0.2, 0.25) is 0 Å². The quantitative estimate of drug-likeness (QED) is 0.366. The monoisotopic (exact) mass is 108 g/mol. The Hall–Kier alpha value is -1.05. The van der Waals surface area contributed by atoms with Crippen LogP contribution in [0.15, 0.2) is 23.4 Å². The summed E-state index contributed by atoms with van der Waals surface area (Å²) in [6.45, 7) is 0. The Kier molecular flexibility index (Phi) is 1.47. The minimum absolute atomic E-state index is 0.618. The van der Waals surface area contributed by atoms with Gasteiger partial charge in [-0.1, -0.05) is 17.3 Å². The Morgan fingerprint density at radius 3 is 3.00 bits per heavy atom. The molecule has 1 aliphatic rings. The first-order chi connectivity index (χ1) is 3.93. The van der Waals surface area contributed by atoms with E-state index in [-0.39, 0.29) is 0 Å². The molecule has 0 saturated carbocycles. The van der Waals surface area contributed by atoms with Crippen LogP contribution in [-0.2, 0) is 0 Å². The maximum atomic E-state index is 8.17. The average Bonchev–Trinajstić information content (AvgIpc) is 1.90. The first-order valence-corrected chi connectivity index (χ1v) is 2.37. The first-order valence-electron chi connectivity index (χ1n) is 2.37. The molecule has 8 heavy (non-hydrogen) atoms. The van der Waals surface area contributed by atoms with Crippen molar-refractivity contribution in [3.8, 4) is 0 Å². The summed E-state index contributed by atoms with van der Waals surface area (Å²) >= 11 is 0. The zero-order valence-corrected chi connectivity index (χ0v) is 4.33. The maximum absolute atomic E-state index is 8.17. The standard InChI is InChI=1S/C6H6NO/c8-7-6-4-2-1-3-5-6/h1-2,4,8H,5H2/b7-6+. The van der Waals surface area contributed by atoms with Gasteiger partial charge in [0.2, 0.25) is 0 Å². The highest BCUT2D eigenvalue weighted by Crippen LogP contribution is 1.96. The van der Waals surface area contributed by atoms with Crippen LogP contribution in [-0.4, -0.2) is 10.9 Å². The molecule has 0 amide bonds. The lowest BCUT2D eigenvalue weighted by molar-refractivity contribution is 0.318. The van der Waals surface area contributed by atoms with Gasteiger partial charge in [-0.25, -0.2) is 0 Å². The molecule has 1 N–H and O–H groups in total. The fourth-order valence-electron chi connectivity index (χ4n) is 0.518. The van der Waals surface area contributed by atoms with Crippen molar-refractivity contribution in [2.75, 3.05) is 0 Å². The number of nitrogens with zero attached hydrogens (tertiary/aromatic N) is 1. The van der Waals surface area contributed by atoms with Gasteiger partial charge in [0.25, 0.3) is 0 Å². The van der Waals surface area contributed by atoms with Crippen LogP contribution in [0.1, 0.15) is 6.42 Å². The normalized spacial score (nSPS) is 22.2. The molecule has 2 nitrogen and oxygen atoms in total. The van der Waals surface area contributed by atoms with E-state index in [1.54, 1.807) is 18.2 Å². The molecule has 0 bridgehead atoms. The summed E-state index contributed by atoms with van der Waals surface area (Å²) in [5, 5.41) is 11.2. The molecule has 0 aliphatic heterocycles. The van der Waals surface area contributed by atoms with Crippen LogP contribution in [0.25, 0.3) is 0 Å². The van der Waals surface area contributed by atoms with Crippen molar-refractivity contribution in [3.05, 3.63) is 24.3 Å². The summed E-state index contributed by atoms with van der Waals surface area (Å²) in [6.07, 6.45) is 8.84. The molecule has 2 heteroatoms. The zero-order valence-electron chi connectivity index (χ0n) is 4.33. The van der Waals surface area contributed by atoms with Gasteiger partial charge in [-0.3, -0.25) is 0 Å². The van der Waals surface area contributed by atoms with E-state index in [1.807, 2.05) is 0 Å². The Bertz CT molecular complexity index is 156. The van der Waals surface area contributed by atoms with Crippen LogP contribution in [0.4, 0.5) is 0 Å². The van der Waals surface area contributed by atoms with Crippen LogP contribution >= 0.6 is 0 Å². The van der Waals surface area contributed by atoms with Crippen LogP contribution in [0.5, 0.6) is 0 Å². The highest BCUT2D eigenvalue weighted by Gasteiger charge is 1.92. The van der Waals surface area contributed by atoms with Gasteiger partial charge in [0.1, 0.15) is 0 Å². The van der Waals surface area contributed by atoms with E-state index in [0.717, 1.165) is 0 Å². The zero-order chi connectivity index (χ0) is 5.82. The summed E-state index contributed by atoms with van der Waals surface area (Å²) in [4.78, 5) is 0. The minimum atomic E-state index is 0.618. The van der Waals surface area contributed by atoms with Crippen molar-refractivity contribution in [2.24, 2.45) is 5.16 Å². The Balaban J connectivity index is 2.66. The first kappa shape index (κ1) is 5.09. The van der Waals surface area contributed by atoms with Crippen LogP contribution in [0, 0.1) is 6.08 Å². The molecule has 1 radical (unpaired) electrons. The van der Waals surface area contributed by atoms with Crippen molar-refractivity contribution >= 4 is 5.71 Å². The van der Waals surface area contributed by atoms with Crippen molar-refractivity contribution in [2.45, 2.75) is 6.42 Å².